The third kappa shape index (κ3) is 11.4. The molecule has 0 N–H and O–H groups in total. The van der Waals surface area contributed by atoms with Crippen LogP contribution in [0, 0.1) is 0 Å². The predicted molar refractivity (Wildman–Crippen MR) is 136 cm³/mol. The van der Waals surface area contributed by atoms with E-state index in [4.69, 9.17) is 13.4 Å². The maximum atomic E-state index is 13.7. The Bertz CT molecular complexity index is 395. The van der Waals surface area contributed by atoms with Crippen molar-refractivity contribution in [3.8, 4) is 0 Å². The second kappa shape index (κ2) is 17.1. The first-order valence-corrected chi connectivity index (χ1v) is 17.4. The molecular formula is C24H54O4P2. The standard InChI is InChI=1S/C24H54O4P2/c1-7-13-17-21-30(22-18-14-8-2,23-19-15-9-3,24-20-16-10-4)28-29(25,26-11-5)27-12-6/h7-24H2,1-6H3. The molecule has 0 spiro atoms. The predicted octanol–water partition coefficient (Wildman–Crippen LogP) is 9.41. The molecule has 0 aromatic carbocycles. The van der Waals surface area contributed by atoms with Crippen molar-refractivity contribution in [3.63, 3.8) is 0 Å². The fourth-order valence-electron chi connectivity index (χ4n) is 4.56. The fourth-order valence-corrected chi connectivity index (χ4v) is 14.7. The molecular weight excluding hydrogens is 414 g/mol. The molecule has 0 aliphatic rings. The normalized spacial score (nSPS) is 14.0. The van der Waals surface area contributed by atoms with E-state index in [-0.39, 0.29) is 0 Å². The summed E-state index contributed by atoms with van der Waals surface area (Å²) in [7, 11) is -3.54. The molecule has 4 nitrogen and oxygen atoms in total. The van der Waals surface area contributed by atoms with Crippen molar-refractivity contribution in [2.24, 2.45) is 0 Å². The van der Waals surface area contributed by atoms with Crippen LogP contribution in [0.25, 0.3) is 0 Å². The van der Waals surface area contributed by atoms with Crippen molar-refractivity contribution in [2.75, 3.05) is 37.9 Å². The molecule has 0 unspecified atom stereocenters. The molecule has 184 valence electrons. The molecule has 30 heavy (non-hydrogen) atoms. The van der Waals surface area contributed by atoms with E-state index in [0.29, 0.717) is 13.2 Å². The fraction of sp³-hybridized carbons (Fsp3) is 1.00. The molecule has 0 bridgehead atoms. The Labute approximate surface area is 189 Å². The van der Waals surface area contributed by atoms with Crippen LogP contribution in [0.3, 0.4) is 0 Å². The topological polar surface area (TPSA) is 44.8 Å². The van der Waals surface area contributed by atoms with E-state index in [1.165, 1.54) is 51.4 Å². The van der Waals surface area contributed by atoms with E-state index in [1.807, 2.05) is 13.8 Å². The van der Waals surface area contributed by atoms with E-state index >= 15 is 0 Å². The maximum absolute atomic E-state index is 13.7. The molecule has 0 saturated heterocycles. The van der Waals surface area contributed by atoms with Crippen LogP contribution in [0.5, 0.6) is 0 Å². The molecule has 0 fully saturated rings. The summed E-state index contributed by atoms with van der Waals surface area (Å²) in [5.74, 6) is 0. The summed E-state index contributed by atoms with van der Waals surface area (Å²) in [6.45, 7) is 10.8. The zero-order valence-electron chi connectivity index (χ0n) is 21.3. The molecule has 6 heteroatoms. The van der Waals surface area contributed by atoms with E-state index in [0.717, 1.165) is 50.3 Å². The van der Waals surface area contributed by atoms with Gasteiger partial charge in [-0.1, -0.05) is 0 Å². The number of phosphoric ester groups is 1. The van der Waals surface area contributed by atoms with E-state index in [2.05, 4.69) is 27.7 Å². The van der Waals surface area contributed by atoms with Gasteiger partial charge in [-0.05, 0) is 0 Å². The molecule has 0 heterocycles. The van der Waals surface area contributed by atoms with Gasteiger partial charge in [-0.2, -0.15) is 0 Å². The Hall–Kier alpha value is 0.540. The summed E-state index contributed by atoms with van der Waals surface area (Å²) < 4.78 is 32.1. The van der Waals surface area contributed by atoms with Gasteiger partial charge in [0.25, 0.3) is 0 Å². The molecule has 0 saturated carbocycles. The van der Waals surface area contributed by atoms with Gasteiger partial charge in [0.05, 0.1) is 0 Å². The second-order valence-corrected chi connectivity index (χ2v) is 16.5. The summed E-state index contributed by atoms with van der Waals surface area (Å²) in [6.07, 6.45) is 18.6. The summed E-state index contributed by atoms with van der Waals surface area (Å²) >= 11 is 0. The number of hydrogen-bond acceptors (Lipinski definition) is 4. The van der Waals surface area contributed by atoms with Gasteiger partial charge < -0.3 is 0 Å². The summed E-state index contributed by atoms with van der Waals surface area (Å²) in [5, 5.41) is 0. The van der Waals surface area contributed by atoms with Crippen LogP contribution in [0.15, 0.2) is 0 Å². The van der Waals surface area contributed by atoms with Crippen LogP contribution in [0.2, 0.25) is 0 Å². The van der Waals surface area contributed by atoms with Gasteiger partial charge in [0.1, 0.15) is 0 Å². The van der Waals surface area contributed by atoms with E-state index in [1.54, 1.807) is 0 Å². The molecule has 0 aromatic heterocycles. The van der Waals surface area contributed by atoms with Gasteiger partial charge >= 0.3 is 189 Å². The van der Waals surface area contributed by atoms with Gasteiger partial charge in [0, 0.05) is 0 Å². The quantitative estimate of drug-likeness (QED) is 0.117. The van der Waals surface area contributed by atoms with Crippen molar-refractivity contribution >= 4 is 14.7 Å². The van der Waals surface area contributed by atoms with Crippen molar-refractivity contribution in [1.29, 1.82) is 0 Å². The zero-order valence-corrected chi connectivity index (χ0v) is 23.0. The molecule has 0 rings (SSSR count). The minimum absolute atomic E-state index is 0.359. The van der Waals surface area contributed by atoms with Crippen LogP contribution in [-0.2, 0) is 17.9 Å². The average Bonchev–Trinajstić information content (AvgIpc) is 2.69. The van der Waals surface area contributed by atoms with Crippen LogP contribution in [0.1, 0.15) is 119 Å². The van der Waals surface area contributed by atoms with Gasteiger partial charge in [-0.25, -0.2) is 0 Å². The minimum atomic E-state index is -3.54. The average molecular weight is 469 g/mol. The Morgan fingerprint density at radius 2 is 0.833 bits per heavy atom. The van der Waals surface area contributed by atoms with Crippen molar-refractivity contribution in [2.45, 2.75) is 119 Å². The van der Waals surface area contributed by atoms with Crippen LogP contribution >= 0.6 is 14.7 Å². The van der Waals surface area contributed by atoms with Crippen LogP contribution in [-0.4, -0.2) is 37.9 Å². The Balaban J connectivity index is 6.21. The number of unbranched alkanes of at least 4 members (excludes halogenated alkanes) is 8. The summed E-state index contributed by atoms with van der Waals surface area (Å²) in [5.41, 5.74) is 0. The second-order valence-electron chi connectivity index (χ2n) is 8.95. The number of rotatable bonds is 22. The summed E-state index contributed by atoms with van der Waals surface area (Å²) in [6, 6.07) is 0. The molecule has 0 aliphatic carbocycles. The number of hydrogen-bond donors (Lipinski definition) is 0. The number of phosphoric acid groups is 1. The van der Waals surface area contributed by atoms with Crippen molar-refractivity contribution in [3.05, 3.63) is 0 Å². The van der Waals surface area contributed by atoms with E-state index < -0.39 is 14.7 Å². The van der Waals surface area contributed by atoms with Crippen molar-refractivity contribution in [1.82, 2.24) is 0 Å². The zero-order chi connectivity index (χ0) is 22.8. The van der Waals surface area contributed by atoms with Gasteiger partial charge in [0.2, 0.25) is 0 Å². The third-order valence-corrected chi connectivity index (χ3v) is 15.8. The van der Waals surface area contributed by atoms with Crippen LogP contribution in [0.4, 0.5) is 0 Å². The molecule has 0 aliphatic heterocycles. The van der Waals surface area contributed by atoms with Gasteiger partial charge in [0.15, 0.2) is 0 Å². The Kier molecular flexibility index (Phi) is 17.4. The molecule has 0 radical (unpaired) electrons. The van der Waals surface area contributed by atoms with Crippen LogP contribution < -0.4 is 0 Å². The Morgan fingerprint density at radius 3 is 1.07 bits per heavy atom. The monoisotopic (exact) mass is 468 g/mol. The SMILES string of the molecule is CCCCCP(CCCCC)(CCCCC)(CCCCC)OP(=O)(OCC)OCC. The first-order chi connectivity index (χ1) is 14.4. The summed E-state index contributed by atoms with van der Waals surface area (Å²) in [4.78, 5) is 0. The molecule has 0 amide bonds. The van der Waals surface area contributed by atoms with Gasteiger partial charge in [-0.15, -0.1) is 0 Å². The van der Waals surface area contributed by atoms with Gasteiger partial charge in [-0.3, -0.25) is 0 Å². The first kappa shape index (κ1) is 30.5. The Morgan fingerprint density at radius 1 is 0.533 bits per heavy atom. The third-order valence-electron chi connectivity index (χ3n) is 6.21. The first-order valence-electron chi connectivity index (χ1n) is 13.0. The van der Waals surface area contributed by atoms with E-state index in [9.17, 15) is 4.57 Å². The van der Waals surface area contributed by atoms with Crippen molar-refractivity contribution < 1.29 is 17.9 Å². The molecule has 0 aromatic rings. The molecule has 0 atom stereocenters.